The fourth-order valence-electron chi connectivity index (χ4n) is 6.84. The summed E-state index contributed by atoms with van der Waals surface area (Å²) >= 11 is 0. The number of aromatic hydroxyl groups is 2. The van der Waals surface area contributed by atoms with E-state index >= 15 is 0 Å². The molecule has 61 heavy (non-hydrogen) atoms. The number of ether oxygens (including phenoxy) is 11. The van der Waals surface area contributed by atoms with Crippen LogP contribution in [0.15, 0.2) is 42.5 Å². The molecule has 2 aromatic carbocycles. The fraction of sp³-hybridized carbons (Fsp3) is 0.575. The van der Waals surface area contributed by atoms with Crippen molar-refractivity contribution in [3.63, 3.8) is 0 Å². The van der Waals surface area contributed by atoms with Crippen LogP contribution in [0.2, 0.25) is 0 Å². The number of hydrogen-bond acceptors (Lipinski definition) is 21. The van der Waals surface area contributed by atoms with E-state index in [0.29, 0.717) is 11.1 Å². The maximum atomic E-state index is 13.6. The lowest BCUT2D eigenvalue weighted by Crippen LogP contribution is -2.65. The Hall–Kier alpha value is -4.65. The zero-order valence-corrected chi connectivity index (χ0v) is 33.9. The highest BCUT2D eigenvalue weighted by atomic mass is 16.8. The summed E-state index contributed by atoms with van der Waals surface area (Å²) < 4.78 is 62.1. The Morgan fingerprint density at radius 3 is 2.13 bits per heavy atom. The molecule has 0 saturated carbocycles. The summed E-state index contributed by atoms with van der Waals surface area (Å²) in [6.45, 7) is 1.52. The van der Waals surface area contributed by atoms with Gasteiger partial charge in [-0.1, -0.05) is 12.1 Å². The highest BCUT2D eigenvalue weighted by Crippen LogP contribution is 2.35. The van der Waals surface area contributed by atoms with E-state index in [-0.39, 0.29) is 36.0 Å². The zero-order valence-electron chi connectivity index (χ0n) is 33.9. The van der Waals surface area contributed by atoms with Crippen LogP contribution in [0.25, 0.3) is 6.08 Å². The third-order valence-corrected chi connectivity index (χ3v) is 10.0. The van der Waals surface area contributed by atoms with Crippen LogP contribution < -0.4 is 9.47 Å². The first-order chi connectivity index (χ1) is 29.0. The number of hydrogen-bond donors (Lipinski definition) is 7. The van der Waals surface area contributed by atoms with E-state index in [1.54, 1.807) is 12.1 Å². The standard InChI is InChI=1S/C40H52O21/c1-19-32(57-20(2)42)34(58-21(3)43)31(48)38(56-19)61-35-30(47)37(53-13-12-23-7-10-26(51-4)25(45)14-23)59-28(16-54-39-36(49)40(50,17-41)18-55-39)33(35)60-29(46)11-8-22-6-9-24(44)27(15-22)52-5/h6-11,14-15,19,28,30-39,41,44-45,47-50H,12-13,16-18H2,1-5H3/b11-8+/t19-,28+,30+,31+,32-,33+,34-,35+,36-,37+,38-,39+,40+/m0/s1. The van der Waals surface area contributed by atoms with Gasteiger partial charge in [0, 0.05) is 19.9 Å². The predicted molar refractivity (Wildman–Crippen MR) is 203 cm³/mol. The Balaban J connectivity index is 1.47. The Morgan fingerprint density at radius 1 is 0.803 bits per heavy atom. The molecule has 5 rings (SSSR count). The van der Waals surface area contributed by atoms with Crippen LogP contribution in [-0.2, 0) is 63.4 Å². The maximum Gasteiger partial charge on any atom is 0.331 e. The highest BCUT2D eigenvalue weighted by Gasteiger charge is 2.55. The van der Waals surface area contributed by atoms with E-state index in [1.807, 2.05) is 0 Å². The van der Waals surface area contributed by atoms with Crippen molar-refractivity contribution in [1.29, 1.82) is 0 Å². The summed E-state index contributed by atoms with van der Waals surface area (Å²) in [6, 6.07) is 8.93. The Kier molecular flexibility index (Phi) is 16.3. The molecule has 3 saturated heterocycles. The van der Waals surface area contributed by atoms with Crippen LogP contribution in [-0.4, -0.2) is 174 Å². The van der Waals surface area contributed by atoms with Crippen molar-refractivity contribution in [3.8, 4) is 23.0 Å². The molecule has 3 heterocycles. The van der Waals surface area contributed by atoms with Gasteiger partial charge in [0.2, 0.25) is 0 Å². The van der Waals surface area contributed by atoms with Gasteiger partial charge in [0.15, 0.2) is 60.2 Å². The average molecular weight is 869 g/mol. The van der Waals surface area contributed by atoms with Crippen LogP contribution in [0.5, 0.6) is 23.0 Å². The van der Waals surface area contributed by atoms with Crippen molar-refractivity contribution < 1.29 is 102 Å². The third-order valence-electron chi connectivity index (χ3n) is 10.0. The van der Waals surface area contributed by atoms with E-state index in [0.717, 1.165) is 19.9 Å². The number of phenols is 2. The number of aliphatic hydroxyl groups excluding tert-OH is 4. The van der Waals surface area contributed by atoms with Gasteiger partial charge in [0.25, 0.3) is 0 Å². The topological polar surface area (TPSA) is 294 Å². The minimum Gasteiger partial charge on any atom is -0.504 e. The van der Waals surface area contributed by atoms with Gasteiger partial charge in [-0.15, -0.1) is 0 Å². The Bertz CT molecular complexity index is 1840. The van der Waals surface area contributed by atoms with Gasteiger partial charge in [-0.3, -0.25) is 9.59 Å². The number of carbonyl (C=O) groups excluding carboxylic acids is 3. The molecule has 0 amide bonds. The number of phenolic OH excluding ortho intramolecular Hbond substituents is 2. The largest absolute Gasteiger partial charge is 0.504 e. The summed E-state index contributed by atoms with van der Waals surface area (Å²) in [5.41, 5.74) is -1.05. The summed E-state index contributed by atoms with van der Waals surface area (Å²) in [4.78, 5) is 37.6. The Morgan fingerprint density at radius 2 is 1.49 bits per heavy atom. The molecule has 0 unspecified atom stereocenters. The van der Waals surface area contributed by atoms with Gasteiger partial charge in [-0.25, -0.2) is 4.79 Å². The average Bonchev–Trinajstić information content (AvgIpc) is 3.51. The van der Waals surface area contributed by atoms with E-state index in [4.69, 9.17) is 52.1 Å². The minimum absolute atomic E-state index is 0.118. The quantitative estimate of drug-likeness (QED) is 0.0582. The summed E-state index contributed by atoms with van der Waals surface area (Å²) in [5, 5.41) is 74.5. The summed E-state index contributed by atoms with van der Waals surface area (Å²) in [5.74, 6) is -2.56. The molecule has 0 bridgehead atoms. The molecule has 13 atom stereocenters. The van der Waals surface area contributed by atoms with Crippen LogP contribution in [0.3, 0.4) is 0 Å². The molecule has 21 nitrogen and oxygen atoms in total. The smallest absolute Gasteiger partial charge is 0.331 e. The molecule has 0 radical (unpaired) electrons. The summed E-state index contributed by atoms with van der Waals surface area (Å²) in [7, 11) is 2.73. The SMILES string of the molecule is COc1ccc(CCO[C@@H]2O[C@H](CO[C@@H]3OC[C@](O)(CO)[C@H]3O)[C@@H](OC(=O)/C=C/c3ccc(O)c(OC)c3)[C@H](O[C@@H]3O[C@@H](C)[C@H](OC(C)=O)[C@@H](OC(C)=O)[C@H]3O)[C@H]2O)cc1O. The third kappa shape index (κ3) is 11.6. The van der Waals surface area contributed by atoms with Gasteiger partial charge in [-0.05, 0) is 54.8 Å². The molecule has 3 aliphatic rings. The monoisotopic (exact) mass is 868 g/mol. The van der Waals surface area contributed by atoms with Crippen LogP contribution in [0.1, 0.15) is 31.9 Å². The maximum absolute atomic E-state index is 13.6. The van der Waals surface area contributed by atoms with E-state index in [9.17, 15) is 50.1 Å². The molecule has 3 fully saturated rings. The molecule has 3 aliphatic heterocycles. The second-order valence-corrected chi connectivity index (χ2v) is 14.5. The zero-order chi connectivity index (χ0) is 44.6. The highest BCUT2D eigenvalue weighted by molar-refractivity contribution is 5.87. The van der Waals surface area contributed by atoms with Gasteiger partial charge < -0.3 is 87.9 Å². The lowest BCUT2D eigenvalue weighted by molar-refractivity contribution is -0.360. The first-order valence-electron chi connectivity index (χ1n) is 19.1. The van der Waals surface area contributed by atoms with Crippen molar-refractivity contribution >= 4 is 24.0 Å². The molecule has 0 aromatic heterocycles. The van der Waals surface area contributed by atoms with Crippen molar-refractivity contribution in [2.75, 3.05) is 40.6 Å². The molecule has 0 spiro atoms. The number of methoxy groups -OCH3 is 2. The lowest BCUT2D eigenvalue weighted by Gasteiger charge is -2.47. The first-order valence-corrected chi connectivity index (χ1v) is 19.1. The number of benzene rings is 2. The van der Waals surface area contributed by atoms with E-state index < -0.39 is 117 Å². The van der Waals surface area contributed by atoms with Gasteiger partial charge in [0.05, 0.1) is 46.8 Å². The van der Waals surface area contributed by atoms with Crippen molar-refractivity contribution in [1.82, 2.24) is 0 Å². The van der Waals surface area contributed by atoms with Crippen molar-refractivity contribution in [2.24, 2.45) is 0 Å². The predicted octanol–water partition coefficient (Wildman–Crippen LogP) is -0.803. The minimum atomic E-state index is -2.07. The van der Waals surface area contributed by atoms with Gasteiger partial charge in [-0.2, -0.15) is 0 Å². The molecule has 0 aliphatic carbocycles. The molecule has 7 N–H and O–H groups in total. The van der Waals surface area contributed by atoms with Crippen LogP contribution in [0.4, 0.5) is 0 Å². The second-order valence-electron chi connectivity index (χ2n) is 14.5. The molecule has 338 valence electrons. The molecule has 21 heteroatoms. The second kappa shape index (κ2) is 20.9. The number of aliphatic hydroxyl groups is 5. The fourth-order valence-corrected chi connectivity index (χ4v) is 6.84. The van der Waals surface area contributed by atoms with Gasteiger partial charge in [0.1, 0.15) is 36.1 Å². The molecule has 2 aromatic rings. The van der Waals surface area contributed by atoms with Crippen LogP contribution in [0, 0.1) is 0 Å². The lowest BCUT2D eigenvalue weighted by atomic mass is 9.96. The van der Waals surface area contributed by atoms with Crippen molar-refractivity contribution in [3.05, 3.63) is 53.6 Å². The number of esters is 3. The Labute approximate surface area is 349 Å². The van der Waals surface area contributed by atoms with E-state index in [1.165, 1.54) is 51.5 Å². The first kappa shape index (κ1) is 47.4. The van der Waals surface area contributed by atoms with Gasteiger partial charge >= 0.3 is 17.9 Å². The normalized spacial score (nSPS) is 32.6. The molecular weight excluding hydrogens is 816 g/mol. The number of rotatable bonds is 17. The number of carbonyl (C=O) groups is 3. The molecular formula is C40H52O21. The van der Waals surface area contributed by atoms with E-state index in [2.05, 4.69) is 0 Å². The van der Waals surface area contributed by atoms with Crippen LogP contribution >= 0.6 is 0 Å². The summed E-state index contributed by atoms with van der Waals surface area (Å²) in [6.07, 6.45) is -16.6. The van der Waals surface area contributed by atoms with Crippen molar-refractivity contribution in [2.45, 2.75) is 107 Å².